The summed E-state index contributed by atoms with van der Waals surface area (Å²) in [6.07, 6.45) is -0.573. The summed E-state index contributed by atoms with van der Waals surface area (Å²) >= 11 is 1.01. The summed E-state index contributed by atoms with van der Waals surface area (Å²) in [4.78, 5) is 27.4. The molecule has 1 fully saturated rings. The van der Waals surface area contributed by atoms with E-state index in [9.17, 15) is 18.0 Å². The van der Waals surface area contributed by atoms with E-state index in [4.69, 9.17) is 9.47 Å². The molecule has 0 aliphatic carbocycles. The summed E-state index contributed by atoms with van der Waals surface area (Å²) in [5.41, 5.74) is 1.33. The number of carbonyl (C=O) groups is 2. The third kappa shape index (κ3) is 7.55. The van der Waals surface area contributed by atoms with E-state index in [1.807, 2.05) is 54.6 Å². The minimum atomic E-state index is -3.98. The van der Waals surface area contributed by atoms with Crippen LogP contribution in [0.1, 0.15) is 15.9 Å². The van der Waals surface area contributed by atoms with E-state index < -0.39 is 27.4 Å². The first-order valence-electron chi connectivity index (χ1n) is 12.9. The van der Waals surface area contributed by atoms with Gasteiger partial charge in [-0.25, -0.2) is 17.9 Å². The Balaban J connectivity index is 1.29. The van der Waals surface area contributed by atoms with Crippen molar-refractivity contribution >= 4 is 33.0 Å². The van der Waals surface area contributed by atoms with Crippen molar-refractivity contribution in [1.82, 2.24) is 9.62 Å². The predicted octanol–water partition coefficient (Wildman–Crippen LogP) is 5.72. The predicted molar refractivity (Wildman–Crippen MR) is 157 cm³/mol. The van der Waals surface area contributed by atoms with Crippen LogP contribution in [0.15, 0.2) is 120 Å². The zero-order valence-electron chi connectivity index (χ0n) is 22.0. The minimum absolute atomic E-state index is 0.0427. The fourth-order valence-electron chi connectivity index (χ4n) is 4.32. The third-order valence-electron chi connectivity index (χ3n) is 6.42. The van der Waals surface area contributed by atoms with Crippen molar-refractivity contribution in [3.63, 3.8) is 0 Å². The highest BCUT2D eigenvalue weighted by molar-refractivity contribution is 8.14. The summed E-state index contributed by atoms with van der Waals surface area (Å²) in [6.45, 7) is 0.292. The molecule has 4 aromatic carbocycles. The van der Waals surface area contributed by atoms with E-state index in [2.05, 4.69) is 4.72 Å². The van der Waals surface area contributed by atoms with Crippen molar-refractivity contribution in [2.75, 3.05) is 13.1 Å². The second-order valence-electron chi connectivity index (χ2n) is 9.37. The molecular weight excluding hydrogens is 560 g/mol. The smallest absolute Gasteiger partial charge is 0.410 e. The maximum atomic E-state index is 13.4. The van der Waals surface area contributed by atoms with Crippen LogP contribution < -0.4 is 9.46 Å². The van der Waals surface area contributed by atoms with Gasteiger partial charge < -0.3 is 14.4 Å². The number of ether oxygens (including phenoxy) is 2. The van der Waals surface area contributed by atoms with Gasteiger partial charge in [0.25, 0.3) is 0 Å². The van der Waals surface area contributed by atoms with E-state index in [0.29, 0.717) is 17.1 Å². The Kier molecular flexibility index (Phi) is 9.03. The van der Waals surface area contributed by atoms with Gasteiger partial charge in [-0.3, -0.25) is 4.79 Å². The molecule has 1 N–H and O–H groups in total. The maximum Gasteiger partial charge on any atom is 0.410 e. The highest BCUT2D eigenvalue weighted by atomic mass is 32.2. The number of nitrogens with one attached hydrogen (secondary N) is 1. The molecule has 41 heavy (non-hydrogen) atoms. The van der Waals surface area contributed by atoms with Crippen LogP contribution in [-0.2, 0) is 21.4 Å². The van der Waals surface area contributed by atoms with Gasteiger partial charge in [0, 0.05) is 23.9 Å². The first kappa shape index (κ1) is 28.4. The van der Waals surface area contributed by atoms with Crippen molar-refractivity contribution in [2.45, 2.75) is 22.8 Å². The topological polar surface area (TPSA) is 102 Å². The van der Waals surface area contributed by atoms with Crippen LogP contribution >= 0.6 is 11.8 Å². The van der Waals surface area contributed by atoms with Gasteiger partial charge in [0.1, 0.15) is 18.1 Å². The lowest BCUT2D eigenvalue weighted by atomic mass is 10.2. The minimum Gasteiger partial charge on any atom is -0.457 e. The average molecular weight is 589 g/mol. The number of para-hydroxylation sites is 1. The molecule has 1 amide bonds. The molecule has 0 bridgehead atoms. The monoisotopic (exact) mass is 588 g/mol. The maximum absolute atomic E-state index is 13.4. The Hall–Kier alpha value is -4.12. The summed E-state index contributed by atoms with van der Waals surface area (Å²) in [5, 5.41) is -0.732. The molecule has 8 nitrogen and oxygen atoms in total. The summed E-state index contributed by atoms with van der Waals surface area (Å²) < 4.78 is 40.7. The molecule has 1 aliphatic rings. The van der Waals surface area contributed by atoms with Gasteiger partial charge >= 0.3 is 6.09 Å². The first-order valence-corrected chi connectivity index (χ1v) is 15.3. The number of hydrogen-bond donors (Lipinski definition) is 1. The van der Waals surface area contributed by atoms with Crippen molar-refractivity contribution in [3.8, 4) is 11.5 Å². The molecule has 1 heterocycles. The number of sulfonamides is 1. The number of likely N-dealkylation sites (tertiary alicyclic amines) is 1. The standard InChI is InChI=1S/C31H28N2O6S2/c34-30(24-12-6-2-7-13-24)40-29-21-33(31(35)38-22-23-10-4-1-5-11-23)20-28(29)32-41(36,37)27-18-16-26(17-19-27)39-25-14-8-3-9-15-25/h1-19,28-29,32H,20-22H2. The number of carbonyl (C=O) groups excluding carboxylic acids is 2. The van der Waals surface area contributed by atoms with Crippen molar-refractivity contribution in [2.24, 2.45) is 0 Å². The molecule has 2 unspecified atom stereocenters. The normalized spacial score (nSPS) is 16.7. The zero-order chi connectivity index (χ0) is 28.7. The van der Waals surface area contributed by atoms with Crippen LogP contribution in [0.2, 0.25) is 0 Å². The average Bonchev–Trinajstić information content (AvgIpc) is 3.39. The molecule has 0 radical (unpaired) electrons. The Labute approximate surface area is 243 Å². The van der Waals surface area contributed by atoms with Gasteiger partial charge in [0.05, 0.1) is 10.9 Å². The lowest BCUT2D eigenvalue weighted by molar-refractivity contribution is 0.103. The summed E-state index contributed by atoms with van der Waals surface area (Å²) in [6, 6.07) is 32.5. The number of thioether (sulfide) groups is 1. The van der Waals surface area contributed by atoms with Gasteiger partial charge in [0.15, 0.2) is 0 Å². The second-order valence-corrected chi connectivity index (χ2v) is 12.3. The fourth-order valence-corrected chi connectivity index (χ4v) is 6.80. The highest BCUT2D eigenvalue weighted by Gasteiger charge is 2.40. The van der Waals surface area contributed by atoms with Gasteiger partial charge in [-0.15, -0.1) is 0 Å². The second kappa shape index (κ2) is 13.0. The third-order valence-corrected chi connectivity index (χ3v) is 9.15. The quantitative estimate of drug-likeness (QED) is 0.267. The number of rotatable bonds is 9. The van der Waals surface area contributed by atoms with Gasteiger partial charge in [0.2, 0.25) is 15.1 Å². The first-order chi connectivity index (χ1) is 19.9. The lowest BCUT2D eigenvalue weighted by Gasteiger charge is -2.19. The van der Waals surface area contributed by atoms with E-state index in [0.717, 1.165) is 17.3 Å². The van der Waals surface area contributed by atoms with Crippen LogP contribution in [0.25, 0.3) is 0 Å². The molecule has 210 valence electrons. The van der Waals surface area contributed by atoms with Gasteiger partial charge in [-0.2, -0.15) is 0 Å². The fraction of sp³-hybridized carbons (Fsp3) is 0.161. The molecule has 2 atom stereocenters. The van der Waals surface area contributed by atoms with E-state index >= 15 is 0 Å². The number of amides is 1. The van der Waals surface area contributed by atoms with Crippen LogP contribution in [0.3, 0.4) is 0 Å². The molecule has 0 saturated carbocycles. The van der Waals surface area contributed by atoms with Gasteiger partial charge in [-0.05, 0) is 42.0 Å². The molecule has 0 aromatic heterocycles. The highest BCUT2D eigenvalue weighted by Crippen LogP contribution is 2.29. The Morgan fingerprint density at radius 2 is 1.37 bits per heavy atom. The molecule has 10 heteroatoms. The van der Waals surface area contributed by atoms with E-state index in [1.165, 1.54) is 17.0 Å². The number of hydrogen-bond acceptors (Lipinski definition) is 7. The van der Waals surface area contributed by atoms with Crippen molar-refractivity contribution < 1.29 is 27.5 Å². The largest absolute Gasteiger partial charge is 0.457 e. The van der Waals surface area contributed by atoms with Crippen LogP contribution in [-0.4, -0.2) is 48.9 Å². The molecule has 1 aliphatic heterocycles. The van der Waals surface area contributed by atoms with Crippen molar-refractivity contribution in [1.29, 1.82) is 0 Å². The van der Waals surface area contributed by atoms with Crippen LogP contribution in [0, 0.1) is 0 Å². The SMILES string of the molecule is O=C(SC1CN(C(=O)OCc2ccccc2)CC1NS(=O)(=O)c1ccc(Oc2ccccc2)cc1)c1ccccc1. The molecule has 4 aromatic rings. The van der Waals surface area contributed by atoms with Crippen LogP contribution in [0.5, 0.6) is 11.5 Å². The van der Waals surface area contributed by atoms with Crippen molar-refractivity contribution in [3.05, 3.63) is 126 Å². The molecule has 1 saturated heterocycles. The summed E-state index contributed by atoms with van der Waals surface area (Å²) in [5.74, 6) is 1.12. The Morgan fingerprint density at radius 3 is 2.02 bits per heavy atom. The lowest BCUT2D eigenvalue weighted by Crippen LogP contribution is -2.42. The molecule has 0 spiro atoms. The Bertz CT molecular complexity index is 1570. The molecular formula is C31H28N2O6S2. The Morgan fingerprint density at radius 1 is 0.780 bits per heavy atom. The molecule has 5 rings (SSSR count). The van der Waals surface area contributed by atoms with Gasteiger partial charge in [-0.1, -0.05) is 90.6 Å². The summed E-state index contributed by atoms with van der Waals surface area (Å²) in [7, 11) is -3.98. The van der Waals surface area contributed by atoms with E-state index in [-0.39, 0.29) is 29.7 Å². The van der Waals surface area contributed by atoms with E-state index in [1.54, 1.807) is 48.5 Å². The number of benzene rings is 4. The number of nitrogens with zero attached hydrogens (tertiary/aromatic N) is 1. The zero-order valence-corrected chi connectivity index (χ0v) is 23.6. The van der Waals surface area contributed by atoms with Crippen LogP contribution in [0.4, 0.5) is 4.79 Å².